The number of nitro groups is 1. The van der Waals surface area contributed by atoms with Crippen molar-refractivity contribution in [2.24, 2.45) is 0 Å². The van der Waals surface area contributed by atoms with E-state index in [1.807, 2.05) is 0 Å². The summed E-state index contributed by atoms with van der Waals surface area (Å²) in [6, 6.07) is 7.46. The number of anilines is 2. The molecule has 0 radical (unpaired) electrons. The van der Waals surface area contributed by atoms with Crippen molar-refractivity contribution in [2.75, 3.05) is 5.06 Å². The zero-order valence-corrected chi connectivity index (χ0v) is 9.74. The lowest BCUT2D eigenvalue weighted by molar-refractivity contribution is -0.384. The second-order valence-corrected chi connectivity index (χ2v) is 3.77. The molecule has 1 aromatic carbocycles. The van der Waals surface area contributed by atoms with Gasteiger partial charge in [-0.15, -0.1) is 0 Å². The minimum absolute atomic E-state index is 0.135. The number of nitrogens with zero attached hydrogens (tertiary/aromatic N) is 3. The Morgan fingerprint density at radius 1 is 1.22 bits per heavy atom. The SMILES string of the molecule is O=[N+]([O-])c1ccncc1N([O-])c1ccccc1Cl. The summed E-state index contributed by atoms with van der Waals surface area (Å²) in [6.07, 6.45) is 2.39. The maximum Gasteiger partial charge on any atom is 0.295 e. The molecule has 0 fully saturated rings. The lowest BCUT2D eigenvalue weighted by Crippen LogP contribution is -2.10. The summed E-state index contributed by atoms with van der Waals surface area (Å²) in [5.74, 6) is 0. The third kappa shape index (κ3) is 2.24. The summed E-state index contributed by atoms with van der Waals surface area (Å²) in [5, 5.41) is 23.5. The molecule has 2 aromatic rings. The number of halogens is 1. The molecule has 1 aromatic heterocycles. The van der Waals surface area contributed by atoms with Crippen LogP contribution in [0.1, 0.15) is 0 Å². The van der Waals surface area contributed by atoms with Gasteiger partial charge in [0.1, 0.15) is 5.69 Å². The Hall–Kier alpha value is -2.18. The lowest BCUT2D eigenvalue weighted by atomic mass is 10.3. The summed E-state index contributed by atoms with van der Waals surface area (Å²) in [5.41, 5.74) is -0.342. The van der Waals surface area contributed by atoms with Gasteiger partial charge in [-0.1, -0.05) is 23.7 Å². The van der Waals surface area contributed by atoms with Crippen molar-refractivity contribution >= 4 is 28.7 Å². The Bertz CT molecular complexity index is 591. The first-order valence-electron chi connectivity index (χ1n) is 4.91. The van der Waals surface area contributed by atoms with Gasteiger partial charge in [0, 0.05) is 18.0 Å². The van der Waals surface area contributed by atoms with E-state index in [-0.39, 0.29) is 22.1 Å². The van der Waals surface area contributed by atoms with E-state index in [9.17, 15) is 15.3 Å². The topological polar surface area (TPSA) is 82.3 Å². The van der Waals surface area contributed by atoms with Gasteiger partial charge in [0.05, 0.1) is 16.1 Å². The van der Waals surface area contributed by atoms with Crippen LogP contribution in [0, 0.1) is 15.3 Å². The van der Waals surface area contributed by atoms with Crippen molar-refractivity contribution in [1.82, 2.24) is 4.98 Å². The molecule has 0 atom stereocenters. The summed E-state index contributed by atoms with van der Waals surface area (Å²) in [6.45, 7) is 0. The molecule has 0 unspecified atom stereocenters. The van der Waals surface area contributed by atoms with E-state index in [0.29, 0.717) is 5.06 Å². The van der Waals surface area contributed by atoms with Crippen molar-refractivity contribution in [2.45, 2.75) is 0 Å². The van der Waals surface area contributed by atoms with Crippen LogP contribution in [0.4, 0.5) is 17.1 Å². The van der Waals surface area contributed by atoms with E-state index in [1.165, 1.54) is 18.3 Å². The molecule has 7 heteroatoms. The van der Waals surface area contributed by atoms with Crippen LogP contribution in [0.3, 0.4) is 0 Å². The molecule has 0 N–H and O–H groups in total. The zero-order chi connectivity index (χ0) is 13.1. The Balaban J connectivity index is 2.50. The predicted octanol–water partition coefficient (Wildman–Crippen LogP) is 3.28. The highest BCUT2D eigenvalue weighted by molar-refractivity contribution is 6.33. The highest BCUT2D eigenvalue weighted by Crippen LogP contribution is 2.35. The van der Waals surface area contributed by atoms with Gasteiger partial charge in [0.25, 0.3) is 5.69 Å². The maximum atomic E-state index is 12.1. The minimum atomic E-state index is -0.640. The van der Waals surface area contributed by atoms with Gasteiger partial charge in [-0.2, -0.15) is 0 Å². The molecular formula is C11H7ClN3O3-. The van der Waals surface area contributed by atoms with Crippen molar-refractivity contribution in [3.05, 3.63) is 63.1 Å². The van der Waals surface area contributed by atoms with Gasteiger partial charge in [0.15, 0.2) is 0 Å². The van der Waals surface area contributed by atoms with E-state index in [4.69, 9.17) is 11.6 Å². The average molecular weight is 265 g/mol. The first kappa shape index (κ1) is 12.3. The smallest absolute Gasteiger partial charge is 0.295 e. The van der Waals surface area contributed by atoms with Gasteiger partial charge in [-0.05, 0) is 12.1 Å². The Labute approximate surface area is 107 Å². The maximum absolute atomic E-state index is 12.1. The second-order valence-electron chi connectivity index (χ2n) is 3.37. The lowest BCUT2D eigenvalue weighted by Gasteiger charge is -2.30. The molecule has 0 saturated heterocycles. The van der Waals surface area contributed by atoms with Crippen LogP contribution in [-0.4, -0.2) is 9.91 Å². The number of hydrogen-bond acceptors (Lipinski definition) is 5. The number of rotatable bonds is 3. The summed E-state index contributed by atoms with van der Waals surface area (Å²) in [7, 11) is 0. The first-order valence-corrected chi connectivity index (χ1v) is 5.29. The number of aromatic nitrogens is 1. The van der Waals surface area contributed by atoms with Crippen LogP contribution in [0.15, 0.2) is 42.7 Å². The fourth-order valence-electron chi connectivity index (χ4n) is 1.44. The highest BCUT2D eigenvalue weighted by atomic mass is 35.5. The largest absolute Gasteiger partial charge is 0.754 e. The number of benzene rings is 1. The normalized spacial score (nSPS) is 10.1. The predicted molar refractivity (Wildman–Crippen MR) is 67.8 cm³/mol. The van der Waals surface area contributed by atoms with Gasteiger partial charge >= 0.3 is 0 Å². The quantitative estimate of drug-likeness (QED) is 0.627. The Kier molecular flexibility index (Phi) is 3.40. The molecule has 0 spiro atoms. The van der Waals surface area contributed by atoms with Crippen LogP contribution in [0.2, 0.25) is 5.02 Å². The highest BCUT2D eigenvalue weighted by Gasteiger charge is 2.16. The van der Waals surface area contributed by atoms with Gasteiger partial charge < -0.3 is 10.3 Å². The van der Waals surface area contributed by atoms with E-state index < -0.39 is 4.92 Å². The molecule has 0 amide bonds. The molecular weight excluding hydrogens is 258 g/mol. The molecule has 2 rings (SSSR count). The fourth-order valence-corrected chi connectivity index (χ4v) is 1.65. The molecule has 0 bridgehead atoms. The molecule has 92 valence electrons. The third-order valence-electron chi connectivity index (χ3n) is 2.26. The average Bonchev–Trinajstić information content (AvgIpc) is 2.38. The molecule has 0 saturated carbocycles. The molecule has 18 heavy (non-hydrogen) atoms. The Morgan fingerprint density at radius 2 is 1.94 bits per heavy atom. The molecule has 0 aliphatic carbocycles. The van der Waals surface area contributed by atoms with Gasteiger partial charge in [-0.25, -0.2) is 0 Å². The standard InChI is InChI=1S/C11H7ClN3O3/c12-8-3-1-2-4-9(8)14(16)11-7-13-6-5-10(11)15(17)18/h1-7H/q-1. The van der Waals surface area contributed by atoms with Crippen LogP contribution in [-0.2, 0) is 0 Å². The minimum Gasteiger partial charge on any atom is -0.754 e. The van der Waals surface area contributed by atoms with Crippen LogP contribution < -0.4 is 5.06 Å². The van der Waals surface area contributed by atoms with Crippen molar-refractivity contribution in [3.8, 4) is 0 Å². The number of hydrogen-bond donors (Lipinski definition) is 0. The second kappa shape index (κ2) is 4.99. The van der Waals surface area contributed by atoms with Gasteiger partial charge in [0.2, 0.25) is 0 Å². The third-order valence-corrected chi connectivity index (χ3v) is 2.58. The molecule has 6 nitrogen and oxygen atoms in total. The molecule has 0 aliphatic heterocycles. The van der Waals surface area contributed by atoms with E-state index in [0.717, 1.165) is 12.3 Å². The fraction of sp³-hybridized carbons (Fsp3) is 0. The van der Waals surface area contributed by atoms with Crippen LogP contribution in [0.25, 0.3) is 0 Å². The molecule has 1 heterocycles. The molecule has 0 aliphatic rings. The summed E-state index contributed by atoms with van der Waals surface area (Å²) >= 11 is 5.87. The summed E-state index contributed by atoms with van der Waals surface area (Å²) < 4.78 is 0. The van der Waals surface area contributed by atoms with Crippen molar-refractivity contribution in [1.29, 1.82) is 0 Å². The number of pyridine rings is 1. The van der Waals surface area contributed by atoms with Crippen molar-refractivity contribution in [3.63, 3.8) is 0 Å². The zero-order valence-electron chi connectivity index (χ0n) is 8.99. The van der Waals surface area contributed by atoms with E-state index >= 15 is 0 Å². The van der Waals surface area contributed by atoms with Crippen molar-refractivity contribution < 1.29 is 4.92 Å². The number of para-hydroxylation sites is 1. The van der Waals surface area contributed by atoms with Gasteiger partial charge in [-0.3, -0.25) is 15.1 Å². The Morgan fingerprint density at radius 3 is 2.61 bits per heavy atom. The van der Waals surface area contributed by atoms with E-state index in [2.05, 4.69) is 4.98 Å². The van der Waals surface area contributed by atoms with Crippen LogP contribution >= 0.6 is 11.6 Å². The summed E-state index contributed by atoms with van der Waals surface area (Å²) in [4.78, 5) is 13.9. The monoisotopic (exact) mass is 264 g/mol. The first-order chi connectivity index (χ1) is 8.61. The van der Waals surface area contributed by atoms with Crippen LogP contribution in [0.5, 0.6) is 0 Å². The van der Waals surface area contributed by atoms with E-state index in [1.54, 1.807) is 12.1 Å².